The third-order valence-electron chi connectivity index (χ3n) is 15.5. The molecule has 102 heavy (non-hydrogen) atoms. The first-order valence-electron chi connectivity index (χ1n) is 31.8. The third kappa shape index (κ3) is 17.8. The quantitative estimate of drug-likeness (QED) is 0.0433. The highest BCUT2D eigenvalue weighted by molar-refractivity contribution is 7.15. The van der Waals surface area contributed by atoms with Crippen LogP contribution in [0.15, 0.2) is 355 Å². The van der Waals surface area contributed by atoms with Gasteiger partial charge >= 0.3 is 6.18 Å². The number of aryl methyl sites for hydroxylation is 2. The molecule has 0 N–H and O–H groups in total. The highest BCUT2D eigenvalue weighted by Crippen LogP contribution is 2.39. The van der Waals surface area contributed by atoms with Crippen molar-refractivity contribution in [2.75, 3.05) is 0 Å². The van der Waals surface area contributed by atoms with Gasteiger partial charge in [-0.25, -0.2) is 0 Å². The molecule has 0 atom stereocenters. The summed E-state index contributed by atoms with van der Waals surface area (Å²) in [6.45, 7) is 4.08. The summed E-state index contributed by atoms with van der Waals surface area (Å²) in [6.07, 6.45) is 1.92. The van der Waals surface area contributed by atoms with E-state index in [4.69, 9.17) is 9.98 Å². The molecular weight excluding hydrogens is 1320 g/mol. The van der Waals surface area contributed by atoms with Gasteiger partial charge in [-0.2, -0.15) is 59.2 Å². The van der Waals surface area contributed by atoms with Gasteiger partial charge in [0.25, 0.3) is 0 Å². The van der Waals surface area contributed by atoms with Crippen molar-refractivity contribution < 1.29 is 18.0 Å². The molecule has 2 aromatic heterocycles. The molecule has 0 saturated heterocycles. The molecular formula is C81H56F3N15OS2. The van der Waals surface area contributed by atoms with E-state index in [1.807, 2.05) is 251 Å². The Balaban J connectivity index is 0.000000217. The number of thiophene rings is 2. The molecule has 0 aliphatic rings. The van der Waals surface area contributed by atoms with Crippen LogP contribution in [0.3, 0.4) is 0 Å². The fourth-order valence-corrected chi connectivity index (χ4v) is 11.6. The van der Waals surface area contributed by atoms with Gasteiger partial charge < -0.3 is 0 Å². The Morgan fingerprint density at radius 2 is 0.471 bits per heavy atom. The van der Waals surface area contributed by atoms with Crippen LogP contribution in [0, 0.1) is 13.8 Å². The molecule has 14 rings (SSSR count). The van der Waals surface area contributed by atoms with E-state index in [2.05, 4.69) is 66.4 Å². The van der Waals surface area contributed by atoms with Gasteiger partial charge in [-0.05, 0) is 196 Å². The maximum Gasteiger partial charge on any atom is 0.416 e. The van der Waals surface area contributed by atoms with Crippen LogP contribution in [0.25, 0.3) is 32.3 Å². The Hall–Kier alpha value is -13.1. The number of azo groups is 6. The highest BCUT2D eigenvalue weighted by Gasteiger charge is 2.30. The highest BCUT2D eigenvalue weighted by atomic mass is 32.1. The summed E-state index contributed by atoms with van der Waals surface area (Å²) in [6, 6.07) is 85.2. The molecule has 494 valence electrons. The molecule has 14 aromatic rings. The van der Waals surface area contributed by atoms with Gasteiger partial charge in [0.2, 0.25) is 0 Å². The third-order valence-corrected chi connectivity index (χ3v) is 17.4. The number of alkyl halides is 3. The molecule has 2 heterocycles. The lowest BCUT2D eigenvalue weighted by molar-refractivity contribution is -0.137. The summed E-state index contributed by atoms with van der Waals surface area (Å²) >= 11 is 2.99. The minimum absolute atomic E-state index is 0.309. The number of benzene rings is 12. The number of hydrogen-bond donors (Lipinski definition) is 0. The van der Waals surface area contributed by atoms with Crippen LogP contribution in [0.2, 0.25) is 0 Å². The van der Waals surface area contributed by atoms with Crippen LogP contribution in [0.4, 0.5) is 98.5 Å². The molecule has 0 bridgehead atoms. The average Bonchev–Trinajstić information content (AvgIpc) is 0.848. The molecule has 0 unspecified atom stereocenters. The predicted octanol–water partition coefficient (Wildman–Crippen LogP) is 28.1. The molecule has 0 aliphatic carbocycles. The van der Waals surface area contributed by atoms with Crippen LogP contribution >= 0.6 is 22.7 Å². The van der Waals surface area contributed by atoms with Gasteiger partial charge in [0.1, 0.15) is 0 Å². The zero-order valence-corrected chi connectivity index (χ0v) is 56.1. The molecule has 16 nitrogen and oxygen atoms in total. The zero-order valence-electron chi connectivity index (χ0n) is 54.4. The van der Waals surface area contributed by atoms with Crippen LogP contribution < -0.4 is 0 Å². The Labute approximate surface area is 591 Å². The van der Waals surface area contributed by atoms with E-state index >= 15 is 0 Å². The van der Waals surface area contributed by atoms with Crippen LogP contribution in [-0.2, 0) is 6.18 Å². The molecule has 0 amide bonds. The number of carbonyl (C=O) groups excluding carboxylic acids is 1. The maximum atomic E-state index is 12.9. The first-order valence-corrected chi connectivity index (χ1v) is 33.4. The van der Waals surface area contributed by atoms with Crippen molar-refractivity contribution in [1.29, 1.82) is 0 Å². The first-order chi connectivity index (χ1) is 49.9. The standard InChI is InChI=1S/C52H35F3N10S.C29H21N5OS/c1-34-10-14-36(15-11-34)58-60-38-18-22-40(23-19-38)62-64-50-30-28-48(44-6-2-4-8-46(44)50)56-32-42-26-27-43(66-42)33-57-49-29-31-51(47-9-5-3-7-45(47)49)65-63-41-24-20-39(21-25-41)61-59-37-16-12-35(13-17-37)52(53,54)55;1-20-6-8-21(9-7-20)31-32-22-10-12-23(13-11-22)33-34-29-17-16-28(26-4-2-3-5-27(26)29)30-18-24-14-15-25(19-35)36-24/h2-33H,1H3;2-19H,1H3. The summed E-state index contributed by atoms with van der Waals surface area (Å²) in [5.41, 5.74) is 12.1. The maximum absolute atomic E-state index is 12.9. The van der Waals surface area contributed by atoms with E-state index in [-0.39, 0.29) is 0 Å². The number of aliphatic imine (C=N–C) groups is 3. The molecule has 0 fully saturated rings. The Bertz CT molecular complexity index is 5590. The lowest BCUT2D eigenvalue weighted by Gasteiger charge is -2.05. The van der Waals surface area contributed by atoms with Crippen molar-refractivity contribution in [2.45, 2.75) is 20.0 Å². The van der Waals surface area contributed by atoms with Crippen molar-refractivity contribution in [3.05, 3.63) is 315 Å². The average molecular weight is 1380 g/mol. The number of halogens is 3. The Kier molecular flexibility index (Phi) is 21.2. The van der Waals surface area contributed by atoms with Gasteiger partial charge in [-0.15, -0.1) is 38.0 Å². The SMILES string of the molecule is Cc1ccc(N=Nc2ccc(N=Nc3ccc(N=Cc4ccc(C=Nc5ccc(N=Nc6ccc(N=Nc7ccc(C(F)(F)F)cc7)cc6)c6ccccc56)s4)c4ccccc34)cc2)cc1.Cc1ccc(N=Nc2ccc(N=Nc3ccc(N=Cc4ccc(C=O)s4)c4ccccc34)cc2)cc1. The van der Waals surface area contributed by atoms with E-state index in [1.165, 1.54) is 34.6 Å². The summed E-state index contributed by atoms with van der Waals surface area (Å²) in [5.74, 6) is 0. The summed E-state index contributed by atoms with van der Waals surface area (Å²) < 4.78 is 38.6. The van der Waals surface area contributed by atoms with Crippen molar-refractivity contribution in [2.24, 2.45) is 76.3 Å². The monoisotopic (exact) mass is 1380 g/mol. The lowest BCUT2D eigenvalue weighted by atomic mass is 10.1. The van der Waals surface area contributed by atoms with Gasteiger partial charge in [0, 0.05) is 65.6 Å². The zero-order chi connectivity index (χ0) is 70.0. The molecule has 0 aliphatic heterocycles. The van der Waals surface area contributed by atoms with Gasteiger partial charge in [-0.1, -0.05) is 108 Å². The minimum Gasteiger partial charge on any atom is -0.297 e. The van der Waals surface area contributed by atoms with E-state index in [9.17, 15) is 18.0 Å². The van der Waals surface area contributed by atoms with E-state index in [0.717, 1.165) is 122 Å². The second kappa shape index (κ2) is 32.0. The number of aldehydes is 1. The number of hydrogen-bond acceptors (Lipinski definition) is 18. The van der Waals surface area contributed by atoms with Gasteiger partial charge in [0.15, 0.2) is 6.29 Å². The normalized spacial score (nSPS) is 12.2. The molecule has 21 heteroatoms. The van der Waals surface area contributed by atoms with Gasteiger partial charge in [0.05, 0.1) is 95.8 Å². The number of rotatable bonds is 19. The number of carbonyl (C=O) groups is 1. The largest absolute Gasteiger partial charge is 0.416 e. The van der Waals surface area contributed by atoms with E-state index < -0.39 is 11.7 Å². The van der Waals surface area contributed by atoms with Crippen molar-refractivity contribution in [1.82, 2.24) is 0 Å². The number of fused-ring (bicyclic) bond motifs is 3. The first kappa shape index (κ1) is 67.5. The Morgan fingerprint density at radius 1 is 0.255 bits per heavy atom. The van der Waals surface area contributed by atoms with Crippen LogP contribution in [-0.4, -0.2) is 24.9 Å². The fourth-order valence-electron chi connectivity index (χ4n) is 10.2. The van der Waals surface area contributed by atoms with E-state index in [1.54, 1.807) is 47.9 Å². The summed E-state index contributed by atoms with van der Waals surface area (Å²) in [7, 11) is 0. The lowest BCUT2D eigenvalue weighted by Crippen LogP contribution is -2.03. The number of nitrogens with zero attached hydrogens (tertiary/aromatic N) is 15. The van der Waals surface area contributed by atoms with Crippen molar-refractivity contribution >= 4 is 165 Å². The second-order valence-electron chi connectivity index (χ2n) is 22.8. The summed E-state index contributed by atoms with van der Waals surface area (Å²) in [5, 5.41) is 57.9. The molecule has 12 aromatic carbocycles. The predicted molar refractivity (Wildman–Crippen MR) is 406 cm³/mol. The van der Waals surface area contributed by atoms with E-state index in [0.29, 0.717) is 33.3 Å². The second-order valence-corrected chi connectivity index (χ2v) is 25.1. The van der Waals surface area contributed by atoms with Crippen LogP contribution in [0.1, 0.15) is 41.0 Å². The molecule has 0 radical (unpaired) electrons. The smallest absolute Gasteiger partial charge is 0.297 e. The van der Waals surface area contributed by atoms with Crippen molar-refractivity contribution in [3.63, 3.8) is 0 Å². The molecule has 0 saturated carbocycles. The summed E-state index contributed by atoms with van der Waals surface area (Å²) in [4.78, 5) is 28.8. The van der Waals surface area contributed by atoms with Gasteiger partial charge in [-0.3, -0.25) is 19.8 Å². The molecule has 0 spiro atoms. The fraction of sp³-hybridized carbons (Fsp3) is 0.0370. The Morgan fingerprint density at radius 3 is 0.725 bits per heavy atom. The topological polar surface area (TPSA) is 202 Å². The van der Waals surface area contributed by atoms with Crippen LogP contribution in [0.5, 0.6) is 0 Å². The minimum atomic E-state index is -4.41. The van der Waals surface area contributed by atoms with Crippen molar-refractivity contribution in [3.8, 4) is 0 Å².